The Balaban J connectivity index is 1.57. The van der Waals surface area contributed by atoms with Crippen LogP contribution in [0.1, 0.15) is 5.69 Å². The quantitative estimate of drug-likeness (QED) is 0.252. The van der Waals surface area contributed by atoms with Gasteiger partial charge in [0.25, 0.3) is 10.0 Å². The number of hydrogen-bond acceptors (Lipinski definition) is 8. The zero-order valence-electron chi connectivity index (χ0n) is 19.6. The molecule has 0 fully saturated rings. The Bertz CT molecular complexity index is 1480. The zero-order valence-corrected chi connectivity index (χ0v) is 20.4. The van der Waals surface area contributed by atoms with Crippen molar-refractivity contribution in [2.45, 2.75) is 11.8 Å². The van der Waals surface area contributed by atoms with Gasteiger partial charge in [0.1, 0.15) is 22.3 Å². The maximum atomic E-state index is 14.0. The maximum absolute atomic E-state index is 14.0. The highest BCUT2D eigenvalue weighted by atomic mass is 32.2. The molecule has 36 heavy (non-hydrogen) atoms. The summed E-state index contributed by atoms with van der Waals surface area (Å²) in [6.45, 7) is 3.72. The van der Waals surface area contributed by atoms with Crippen LogP contribution in [0.4, 0.5) is 20.3 Å². The van der Waals surface area contributed by atoms with Gasteiger partial charge in [-0.05, 0) is 56.4 Å². The smallest absolute Gasteiger partial charge is 0.264 e. The van der Waals surface area contributed by atoms with Gasteiger partial charge in [0.15, 0.2) is 11.5 Å². The molecule has 2 aromatic carbocycles. The van der Waals surface area contributed by atoms with Crippen molar-refractivity contribution in [1.82, 2.24) is 25.1 Å². The summed E-state index contributed by atoms with van der Waals surface area (Å²) in [5.41, 5.74) is 2.03. The Morgan fingerprint density at radius 3 is 2.56 bits per heavy atom. The van der Waals surface area contributed by atoms with Crippen LogP contribution in [0.2, 0.25) is 0 Å². The van der Waals surface area contributed by atoms with Gasteiger partial charge in [-0.25, -0.2) is 27.2 Å². The van der Waals surface area contributed by atoms with Gasteiger partial charge in [0.2, 0.25) is 0 Å². The van der Waals surface area contributed by atoms with Crippen molar-refractivity contribution in [2.75, 3.05) is 43.3 Å². The number of H-pyrrole nitrogens is 1. The lowest BCUT2D eigenvalue weighted by molar-refractivity contribution is 0.225. The summed E-state index contributed by atoms with van der Waals surface area (Å²) in [6.07, 6.45) is 0. The Morgan fingerprint density at radius 2 is 1.83 bits per heavy atom. The Hall–Kier alpha value is -3.68. The first-order chi connectivity index (χ1) is 17.2. The van der Waals surface area contributed by atoms with Crippen molar-refractivity contribution in [1.29, 1.82) is 0 Å². The van der Waals surface area contributed by atoms with Crippen LogP contribution in [-0.4, -0.2) is 71.9 Å². The van der Waals surface area contributed by atoms with Crippen LogP contribution in [0.15, 0.2) is 47.4 Å². The van der Waals surface area contributed by atoms with E-state index in [4.69, 9.17) is 5.11 Å². The first kappa shape index (κ1) is 25.4. The molecule has 0 saturated carbocycles. The van der Waals surface area contributed by atoms with Crippen molar-refractivity contribution in [3.05, 3.63) is 59.8 Å². The second kappa shape index (κ2) is 10.5. The van der Waals surface area contributed by atoms with Gasteiger partial charge in [-0.15, -0.1) is 0 Å². The van der Waals surface area contributed by atoms with Crippen molar-refractivity contribution in [3.8, 4) is 11.4 Å². The van der Waals surface area contributed by atoms with E-state index >= 15 is 0 Å². The molecule has 4 aromatic rings. The number of aliphatic hydroxyl groups excluding tert-OH is 1. The molecule has 0 spiro atoms. The Labute approximate surface area is 206 Å². The molecule has 2 aromatic heterocycles. The van der Waals surface area contributed by atoms with Crippen LogP contribution >= 0.6 is 0 Å². The number of likely N-dealkylation sites (N-methyl/N-ethyl adjacent to an activating group) is 1. The van der Waals surface area contributed by atoms with Gasteiger partial charge < -0.3 is 15.3 Å². The first-order valence-corrected chi connectivity index (χ1v) is 12.5. The minimum absolute atomic E-state index is 0.0720. The minimum atomic E-state index is -4.34. The van der Waals surface area contributed by atoms with E-state index in [1.165, 1.54) is 12.1 Å². The minimum Gasteiger partial charge on any atom is -0.395 e. The lowest BCUT2D eigenvalue weighted by atomic mass is 10.2. The number of benzene rings is 2. The third-order valence-electron chi connectivity index (χ3n) is 5.45. The predicted molar refractivity (Wildman–Crippen MR) is 132 cm³/mol. The third kappa shape index (κ3) is 5.58. The molecule has 13 heteroatoms. The van der Waals surface area contributed by atoms with Gasteiger partial charge in [-0.3, -0.25) is 9.82 Å². The molecule has 0 radical (unpaired) electrons. The number of anilines is 2. The number of aromatic nitrogens is 4. The molecule has 0 amide bonds. The SMILES string of the molecule is Cc1n[nH]c2nc(-c3ccc(NS(=O)(=O)c4cc(F)ccc4F)cc3)nc(NCCN(C)CCO)c12. The van der Waals surface area contributed by atoms with Gasteiger partial charge in [-0.2, -0.15) is 5.10 Å². The maximum Gasteiger partial charge on any atom is 0.264 e. The molecule has 2 heterocycles. The molecule has 4 rings (SSSR count). The topological polar surface area (TPSA) is 136 Å². The predicted octanol–water partition coefficient (Wildman–Crippen LogP) is 2.74. The molecule has 0 saturated heterocycles. The third-order valence-corrected chi connectivity index (χ3v) is 6.84. The lowest BCUT2D eigenvalue weighted by Crippen LogP contribution is -2.28. The molecule has 0 aliphatic carbocycles. The Morgan fingerprint density at radius 1 is 1.08 bits per heavy atom. The van der Waals surface area contributed by atoms with Gasteiger partial charge in [0.05, 0.1) is 17.7 Å². The highest BCUT2D eigenvalue weighted by Crippen LogP contribution is 2.27. The second-order valence-electron chi connectivity index (χ2n) is 8.14. The number of sulfonamides is 1. The number of nitrogens with one attached hydrogen (secondary N) is 3. The number of fused-ring (bicyclic) bond motifs is 1. The zero-order chi connectivity index (χ0) is 25.9. The number of hydrogen-bond donors (Lipinski definition) is 4. The van der Waals surface area contributed by atoms with Crippen molar-refractivity contribution < 1.29 is 22.3 Å². The van der Waals surface area contributed by atoms with E-state index < -0.39 is 26.6 Å². The summed E-state index contributed by atoms with van der Waals surface area (Å²) in [5, 5.41) is 20.2. The second-order valence-corrected chi connectivity index (χ2v) is 9.79. The van der Waals surface area contributed by atoms with Crippen LogP contribution in [0, 0.1) is 18.6 Å². The van der Waals surface area contributed by atoms with Crippen LogP contribution < -0.4 is 10.0 Å². The largest absolute Gasteiger partial charge is 0.395 e. The number of aromatic amines is 1. The van der Waals surface area contributed by atoms with Gasteiger partial charge in [0, 0.05) is 30.9 Å². The number of rotatable bonds is 10. The fraction of sp³-hybridized carbons (Fsp3) is 0.261. The van der Waals surface area contributed by atoms with Crippen molar-refractivity contribution in [2.24, 2.45) is 0 Å². The number of halogens is 2. The molecule has 0 bridgehead atoms. The van der Waals surface area contributed by atoms with E-state index in [2.05, 4.69) is 30.2 Å². The van der Waals surface area contributed by atoms with E-state index in [0.29, 0.717) is 48.6 Å². The molecule has 0 aliphatic heterocycles. The molecule has 10 nitrogen and oxygen atoms in total. The van der Waals surface area contributed by atoms with E-state index in [9.17, 15) is 17.2 Å². The normalized spacial score (nSPS) is 11.8. The van der Waals surface area contributed by atoms with Crippen molar-refractivity contribution >= 4 is 32.6 Å². The Kier molecular flexibility index (Phi) is 7.43. The fourth-order valence-electron chi connectivity index (χ4n) is 3.56. The van der Waals surface area contributed by atoms with E-state index in [1.807, 2.05) is 18.9 Å². The van der Waals surface area contributed by atoms with Crippen LogP contribution in [0.3, 0.4) is 0 Å². The molecular weight excluding hydrogens is 492 g/mol. The summed E-state index contributed by atoms with van der Waals surface area (Å²) in [4.78, 5) is 10.4. The summed E-state index contributed by atoms with van der Waals surface area (Å²) in [7, 11) is -2.43. The number of aryl methyl sites for hydroxylation is 1. The number of aliphatic hydroxyl groups is 1. The van der Waals surface area contributed by atoms with Gasteiger partial charge >= 0.3 is 0 Å². The summed E-state index contributed by atoms with van der Waals surface area (Å²) < 4.78 is 54.7. The van der Waals surface area contributed by atoms with Crippen LogP contribution in [0.25, 0.3) is 22.4 Å². The molecule has 0 unspecified atom stereocenters. The van der Waals surface area contributed by atoms with E-state index in [0.717, 1.165) is 23.2 Å². The monoisotopic (exact) mass is 517 g/mol. The van der Waals surface area contributed by atoms with E-state index in [-0.39, 0.29) is 12.3 Å². The van der Waals surface area contributed by atoms with Crippen LogP contribution in [-0.2, 0) is 10.0 Å². The van der Waals surface area contributed by atoms with E-state index in [1.54, 1.807) is 12.1 Å². The summed E-state index contributed by atoms with van der Waals surface area (Å²) in [6, 6.07) is 8.41. The molecular formula is C23H25F2N7O3S. The van der Waals surface area contributed by atoms with Crippen molar-refractivity contribution in [3.63, 3.8) is 0 Å². The summed E-state index contributed by atoms with van der Waals surface area (Å²) in [5.74, 6) is -0.953. The summed E-state index contributed by atoms with van der Waals surface area (Å²) >= 11 is 0. The standard InChI is InChI=1S/C23H25F2N7O3S/c1-14-20-22(26-9-10-32(2)11-12-33)27-21(28-23(20)30-29-14)15-3-6-17(7-4-15)31-36(34,35)19-13-16(24)5-8-18(19)25/h3-8,13,31,33H,9-12H2,1-2H3,(H2,26,27,28,29,30). The highest BCUT2D eigenvalue weighted by Gasteiger charge is 2.20. The fourth-order valence-corrected chi connectivity index (χ4v) is 4.71. The molecule has 190 valence electrons. The molecule has 0 aliphatic rings. The highest BCUT2D eigenvalue weighted by molar-refractivity contribution is 7.92. The van der Waals surface area contributed by atoms with Crippen LogP contribution in [0.5, 0.6) is 0 Å². The first-order valence-electron chi connectivity index (χ1n) is 11.0. The number of nitrogens with zero attached hydrogens (tertiary/aromatic N) is 4. The average molecular weight is 518 g/mol. The average Bonchev–Trinajstić information content (AvgIpc) is 3.21. The lowest BCUT2D eigenvalue weighted by Gasteiger charge is -2.16. The molecule has 4 N–H and O–H groups in total. The molecule has 0 atom stereocenters. The van der Waals surface area contributed by atoms with Gasteiger partial charge in [-0.1, -0.05) is 0 Å².